The van der Waals surface area contributed by atoms with Crippen LogP contribution in [0.4, 0.5) is 0 Å². The van der Waals surface area contributed by atoms with Gasteiger partial charge < -0.3 is 9.88 Å². The molecule has 2 aromatic carbocycles. The van der Waals surface area contributed by atoms with E-state index in [1.54, 1.807) is 24.4 Å². The Balaban J connectivity index is 1.67. The van der Waals surface area contributed by atoms with Gasteiger partial charge in [-0.25, -0.2) is 4.98 Å². The highest BCUT2D eigenvalue weighted by Crippen LogP contribution is 2.23. The molecule has 0 bridgehead atoms. The van der Waals surface area contributed by atoms with Gasteiger partial charge in [-0.3, -0.25) is 9.78 Å². The van der Waals surface area contributed by atoms with Crippen LogP contribution in [0.3, 0.4) is 0 Å². The second-order valence-corrected chi connectivity index (χ2v) is 7.02. The Bertz CT molecular complexity index is 1110. The number of aromatic nitrogens is 3. The highest BCUT2D eigenvalue weighted by Gasteiger charge is 2.19. The first-order valence-corrected chi connectivity index (χ1v) is 9.41. The van der Waals surface area contributed by atoms with E-state index in [-0.39, 0.29) is 11.9 Å². The summed E-state index contributed by atoms with van der Waals surface area (Å²) in [6.07, 6.45) is 1.61. The van der Waals surface area contributed by atoms with Crippen LogP contribution >= 0.6 is 11.6 Å². The summed E-state index contributed by atoms with van der Waals surface area (Å²) in [5.41, 5.74) is 3.41. The molecule has 1 unspecified atom stereocenters. The Morgan fingerprint density at radius 3 is 2.57 bits per heavy atom. The predicted octanol–water partition coefficient (Wildman–Crippen LogP) is 4.62. The summed E-state index contributed by atoms with van der Waals surface area (Å²) in [5.74, 6) is 0.568. The zero-order valence-electron chi connectivity index (χ0n) is 15.3. The minimum atomic E-state index is -0.283. The van der Waals surface area contributed by atoms with E-state index in [0.717, 1.165) is 22.4 Å². The van der Waals surface area contributed by atoms with E-state index in [9.17, 15) is 4.79 Å². The molecule has 2 heterocycles. The molecule has 140 valence electrons. The monoisotopic (exact) mass is 390 g/mol. The molecule has 1 amide bonds. The Morgan fingerprint density at radius 1 is 1.07 bits per heavy atom. The molecule has 1 atom stereocenters. The molecule has 0 aliphatic heterocycles. The third kappa shape index (κ3) is 3.75. The van der Waals surface area contributed by atoms with E-state index >= 15 is 0 Å². The Morgan fingerprint density at radius 2 is 1.82 bits per heavy atom. The number of rotatable bonds is 5. The normalized spacial score (nSPS) is 12.1. The average molecular weight is 391 g/mol. The lowest BCUT2D eigenvalue weighted by Gasteiger charge is -2.16. The van der Waals surface area contributed by atoms with Crippen LogP contribution in [0.15, 0.2) is 72.9 Å². The fourth-order valence-electron chi connectivity index (χ4n) is 3.20. The van der Waals surface area contributed by atoms with Gasteiger partial charge in [0.05, 0.1) is 17.1 Å². The highest BCUT2D eigenvalue weighted by molar-refractivity contribution is 6.30. The van der Waals surface area contributed by atoms with Crippen LogP contribution in [0.1, 0.15) is 34.8 Å². The van der Waals surface area contributed by atoms with E-state index in [2.05, 4.69) is 14.9 Å². The van der Waals surface area contributed by atoms with Gasteiger partial charge >= 0.3 is 0 Å². The fourth-order valence-corrected chi connectivity index (χ4v) is 3.32. The number of pyridine rings is 1. The number of hydrogen-bond acceptors (Lipinski definition) is 3. The maximum absolute atomic E-state index is 12.5. The van der Waals surface area contributed by atoms with E-state index in [1.165, 1.54) is 0 Å². The second-order valence-electron chi connectivity index (χ2n) is 6.58. The predicted molar refractivity (Wildman–Crippen MR) is 110 cm³/mol. The molecule has 2 aromatic heterocycles. The number of imidazole rings is 1. The molecule has 0 radical (unpaired) electrons. The molecule has 0 aliphatic carbocycles. The van der Waals surface area contributed by atoms with Gasteiger partial charge in [-0.05, 0) is 48.9 Å². The zero-order valence-corrected chi connectivity index (χ0v) is 16.1. The number of benzene rings is 2. The Labute approximate surface area is 168 Å². The van der Waals surface area contributed by atoms with Gasteiger partial charge in [0.2, 0.25) is 0 Å². The van der Waals surface area contributed by atoms with Gasteiger partial charge in [0.1, 0.15) is 11.5 Å². The first kappa shape index (κ1) is 18.2. The van der Waals surface area contributed by atoms with Crippen molar-refractivity contribution in [2.45, 2.75) is 19.5 Å². The first-order chi connectivity index (χ1) is 13.6. The van der Waals surface area contributed by atoms with E-state index in [0.29, 0.717) is 17.3 Å². The largest absolute Gasteiger partial charge is 0.341 e. The number of nitrogens with one attached hydrogen (secondary N) is 1. The van der Waals surface area contributed by atoms with Gasteiger partial charge in [0, 0.05) is 17.8 Å². The number of para-hydroxylation sites is 2. The molecule has 5 nitrogen and oxygen atoms in total. The fraction of sp³-hybridized carbons (Fsp3) is 0.136. The van der Waals surface area contributed by atoms with Gasteiger partial charge in [0.15, 0.2) is 0 Å². The molecule has 6 heteroatoms. The zero-order chi connectivity index (χ0) is 19.5. The summed E-state index contributed by atoms with van der Waals surface area (Å²) < 4.78 is 2.13. The van der Waals surface area contributed by atoms with Crippen LogP contribution < -0.4 is 5.32 Å². The van der Waals surface area contributed by atoms with Gasteiger partial charge in [-0.1, -0.05) is 41.9 Å². The van der Waals surface area contributed by atoms with E-state index in [1.807, 2.05) is 55.5 Å². The molecule has 4 aromatic rings. The average Bonchev–Trinajstić information content (AvgIpc) is 3.09. The molecule has 0 fully saturated rings. The molecule has 0 spiro atoms. The maximum Gasteiger partial charge on any atom is 0.270 e. The molecule has 0 aliphatic rings. The van der Waals surface area contributed by atoms with E-state index in [4.69, 9.17) is 16.6 Å². The van der Waals surface area contributed by atoms with Crippen molar-refractivity contribution in [2.24, 2.45) is 0 Å². The van der Waals surface area contributed by atoms with Crippen LogP contribution in [0.2, 0.25) is 5.02 Å². The molecule has 4 rings (SSSR count). The number of carbonyl (C=O) groups excluding carboxylic acids is 1. The Kier molecular flexibility index (Phi) is 5.08. The molecular weight excluding hydrogens is 372 g/mol. The molecule has 1 N–H and O–H groups in total. The quantitative estimate of drug-likeness (QED) is 0.540. The Hall–Kier alpha value is -3.18. The van der Waals surface area contributed by atoms with Crippen molar-refractivity contribution >= 4 is 28.5 Å². The van der Waals surface area contributed by atoms with Gasteiger partial charge in [-0.15, -0.1) is 0 Å². The molecule has 28 heavy (non-hydrogen) atoms. The lowest BCUT2D eigenvalue weighted by molar-refractivity contribution is 0.0932. The van der Waals surface area contributed by atoms with Crippen molar-refractivity contribution < 1.29 is 4.79 Å². The number of fused-ring (bicyclic) bond motifs is 1. The summed E-state index contributed by atoms with van der Waals surface area (Å²) in [5, 5.41) is 3.71. The maximum atomic E-state index is 12.5. The smallest absolute Gasteiger partial charge is 0.270 e. The summed E-state index contributed by atoms with van der Waals surface area (Å²) in [6, 6.07) is 20.7. The first-order valence-electron chi connectivity index (χ1n) is 9.03. The van der Waals surface area contributed by atoms with Crippen molar-refractivity contribution in [3.8, 4) is 0 Å². The standard InChI is InChI=1S/C22H19ClN4O/c1-15(25-22(28)19-7-4-5-13-24-19)21-26-18-6-2-3-8-20(18)27(21)14-16-9-11-17(23)12-10-16/h2-13,15H,14H2,1H3,(H,25,28). The number of carbonyl (C=O) groups is 1. The van der Waals surface area contributed by atoms with Crippen LogP contribution in [-0.2, 0) is 6.54 Å². The number of halogens is 1. The van der Waals surface area contributed by atoms with Crippen LogP contribution in [-0.4, -0.2) is 20.4 Å². The number of hydrogen-bond donors (Lipinski definition) is 1. The molecular formula is C22H19ClN4O. The van der Waals surface area contributed by atoms with Gasteiger partial charge in [-0.2, -0.15) is 0 Å². The van der Waals surface area contributed by atoms with Crippen LogP contribution in [0.25, 0.3) is 11.0 Å². The third-order valence-corrected chi connectivity index (χ3v) is 4.82. The SMILES string of the molecule is CC(NC(=O)c1ccccn1)c1nc2ccccc2n1Cc1ccc(Cl)cc1. The topological polar surface area (TPSA) is 59.8 Å². The third-order valence-electron chi connectivity index (χ3n) is 4.57. The number of nitrogens with zero attached hydrogens (tertiary/aromatic N) is 3. The van der Waals surface area contributed by atoms with Crippen molar-refractivity contribution in [3.05, 3.63) is 95.0 Å². The van der Waals surface area contributed by atoms with Crippen LogP contribution in [0.5, 0.6) is 0 Å². The van der Waals surface area contributed by atoms with Crippen molar-refractivity contribution in [1.29, 1.82) is 0 Å². The van der Waals surface area contributed by atoms with E-state index < -0.39 is 0 Å². The lowest BCUT2D eigenvalue weighted by atomic mass is 10.2. The summed E-state index contributed by atoms with van der Waals surface area (Å²) in [6.45, 7) is 2.57. The molecule has 0 saturated heterocycles. The lowest BCUT2D eigenvalue weighted by Crippen LogP contribution is -2.29. The summed E-state index contributed by atoms with van der Waals surface area (Å²) >= 11 is 6.01. The minimum absolute atomic E-state index is 0.224. The van der Waals surface area contributed by atoms with Crippen molar-refractivity contribution in [3.63, 3.8) is 0 Å². The highest BCUT2D eigenvalue weighted by atomic mass is 35.5. The van der Waals surface area contributed by atoms with Gasteiger partial charge in [0.25, 0.3) is 5.91 Å². The summed E-state index contributed by atoms with van der Waals surface area (Å²) in [4.78, 5) is 21.4. The van der Waals surface area contributed by atoms with Crippen molar-refractivity contribution in [2.75, 3.05) is 0 Å². The van der Waals surface area contributed by atoms with Crippen molar-refractivity contribution in [1.82, 2.24) is 19.9 Å². The number of amides is 1. The second kappa shape index (κ2) is 7.82. The molecule has 0 saturated carbocycles. The summed E-state index contributed by atoms with van der Waals surface area (Å²) in [7, 11) is 0. The minimum Gasteiger partial charge on any atom is -0.341 e. The van der Waals surface area contributed by atoms with Crippen LogP contribution in [0, 0.1) is 0 Å².